The molecule has 4 aromatic rings. The number of cyclic esters (lactones) is 1. The number of alkyl halides is 12. The van der Waals surface area contributed by atoms with Gasteiger partial charge in [0.1, 0.15) is 13.2 Å². The Balaban J connectivity index is 0.000000301. The molecular formula is C38H27F16O13P. The Morgan fingerprint density at radius 3 is 1.12 bits per heavy atom. The standard InChI is InChI=1S/C22H16F8O7.C16H11F8O6P/c23-13-7-11(1-3-15(13)36-21(25,26)27)9-33-18-17(5-6-31)35-20(32)19(18)34-10-12-2-4-16(14(24)8-12)37-22(28,29)30;17-11-5-9(1-3-13(11)29-15(19,20)21)7-27-31(25,26)28-8-10-2-4-14(12(18)6-10)30-16(22,23)24/h1-4,7-8,17,31H,5-6,9-10H2;1-6H,7-8H2,(H,25,26). The molecule has 0 spiro atoms. The molecule has 374 valence electrons. The summed E-state index contributed by atoms with van der Waals surface area (Å²) in [6.07, 6.45) is -21.7. The van der Waals surface area contributed by atoms with Crippen molar-refractivity contribution in [2.45, 2.75) is 64.4 Å². The van der Waals surface area contributed by atoms with E-state index in [-0.39, 0.29) is 34.4 Å². The van der Waals surface area contributed by atoms with Gasteiger partial charge in [-0.3, -0.25) is 9.05 Å². The molecule has 2 N–H and O–H groups in total. The number of ether oxygens (including phenoxy) is 7. The molecule has 0 aromatic heterocycles. The second-order valence-electron chi connectivity index (χ2n) is 12.9. The highest BCUT2D eigenvalue weighted by Crippen LogP contribution is 2.45. The molecule has 4 aromatic carbocycles. The lowest BCUT2D eigenvalue weighted by Crippen LogP contribution is -2.18. The number of hydrogen-bond acceptors (Lipinski definition) is 12. The second-order valence-corrected chi connectivity index (χ2v) is 14.4. The Morgan fingerprint density at radius 1 is 0.515 bits per heavy atom. The number of aliphatic hydroxyl groups excluding tert-OH is 1. The number of benzene rings is 4. The lowest BCUT2D eigenvalue weighted by atomic mass is 10.2. The summed E-state index contributed by atoms with van der Waals surface area (Å²) < 4.78 is 252. The molecule has 0 saturated heterocycles. The van der Waals surface area contributed by atoms with Crippen LogP contribution < -0.4 is 18.9 Å². The van der Waals surface area contributed by atoms with Gasteiger partial charge in [0.15, 0.2) is 58.1 Å². The summed E-state index contributed by atoms with van der Waals surface area (Å²) in [5, 5.41) is 9.21. The number of carbonyl (C=O) groups excluding carboxylic acids is 1. The lowest BCUT2D eigenvalue weighted by Gasteiger charge is -2.15. The number of esters is 1. The highest BCUT2D eigenvalue weighted by atomic mass is 31.2. The van der Waals surface area contributed by atoms with Gasteiger partial charge in [-0.2, -0.15) is 0 Å². The molecule has 5 rings (SSSR count). The van der Waals surface area contributed by atoms with E-state index in [4.69, 9.17) is 14.2 Å². The van der Waals surface area contributed by atoms with Crippen LogP contribution in [0.25, 0.3) is 0 Å². The van der Waals surface area contributed by atoms with E-state index < -0.39 is 130 Å². The first-order valence-electron chi connectivity index (χ1n) is 18.0. The van der Waals surface area contributed by atoms with Gasteiger partial charge in [-0.1, -0.05) is 24.3 Å². The van der Waals surface area contributed by atoms with E-state index in [9.17, 15) is 89.6 Å². The molecule has 68 heavy (non-hydrogen) atoms. The van der Waals surface area contributed by atoms with Crippen LogP contribution >= 0.6 is 7.82 Å². The number of phosphoric ester groups is 1. The van der Waals surface area contributed by atoms with Gasteiger partial charge in [-0.05, 0) is 70.8 Å². The van der Waals surface area contributed by atoms with E-state index in [0.29, 0.717) is 42.5 Å². The normalized spacial score (nSPS) is 14.5. The Kier molecular flexibility index (Phi) is 17.9. The van der Waals surface area contributed by atoms with Crippen LogP contribution in [0.1, 0.15) is 28.7 Å². The monoisotopic (exact) mass is 1030 g/mol. The minimum atomic E-state index is -5.12. The molecule has 0 saturated carbocycles. The minimum Gasteiger partial charge on any atom is -0.485 e. The Morgan fingerprint density at radius 2 is 0.824 bits per heavy atom. The molecule has 1 unspecified atom stereocenters. The van der Waals surface area contributed by atoms with Gasteiger partial charge in [-0.15, -0.1) is 52.7 Å². The third-order valence-corrected chi connectivity index (χ3v) is 8.71. The number of hydrogen-bond donors (Lipinski definition) is 2. The predicted octanol–water partition coefficient (Wildman–Crippen LogP) is 10.6. The van der Waals surface area contributed by atoms with Gasteiger partial charge >= 0.3 is 39.2 Å². The zero-order chi connectivity index (χ0) is 50.8. The number of carbonyl (C=O) groups is 1. The summed E-state index contributed by atoms with van der Waals surface area (Å²) in [6, 6.07) is 9.15. The molecule has 1 aliphatic rings. The fourth-order valence-corrected chi connectivity index (χ4v) is 5.81. The smallest absolute Gasteiger partial charge is 0.485 e. The third kappa shape index (κ3) is 18.1. The van der Waals surface area contributed by atoms with Gasteiger partial charge < -0.3 is 43.2 Å². The number of phosphoric acid groups is 1. The van der Waals surface area contributed by atoms with Crippen molar-refractivity contribution in [3.05, 3.63) is 130 Å². The molecule has 0 amide bonds. The van der Waals surface area contributed by atoms with E-state index in [2.05, 4.69) is 28.0 Å². The van der Waals surface area contributed by atoms with Gasteiger partial charge in [0.05, 0.1) is 13.2 Å². The molecule has 0 radical (unpaired) electrons. The van der Waals surface area contributed by atoms with E-state index >= 15 is 0 Å². The largest absolute Gasteiger partial charge is 0.573 e. The maximum atomic E-state index is 13.9. The topological polar surface area (TPSA) is 158 Å². The quantitative estimate of drug-likeness (QED) is 0.0552. The first-order valence-corrected chi connectivity index (χ1v) is 19.5. The van der Waals surface area contributed by atoms with Crippen molar-refractivity contribution >= 4 is 13.8 Å². The van der Waals surface area contributed by atoms with Crippen molar-refractivity contribution in [2.24, 2.45) is 0 Å². The number of aliphatic hydroxyl groups is 1. The van der Waals surface area contributed by atoms with E-state index in [1.165, 1.54) is 0 Å². The van der Waals surface area contributed by atoms with Crippen LogP contribution in [-0.4, -0.2) is 54.1 Å². The van der Waals surface area contributed by atoms with Crippen LogP contribution in [0.15, 0.2) is 84.3 Å². The average molecular weight is 1030 g/mol. The van der Waals surface area contributed by atoms with Gasteiger partial charge in [0.2, 0.25) is 5.76 Å². The fraction of sp³-hybridized carbons (Fsp3) is 0.289. The maximum absolute atomic E-state index is 13.9. The van der Waals surface area contributed by atoms with Crippen LogP contribution in [0, 0.1) is 23.3 Å². The average Bonchev–Trinajstić information content (AvgIpc) is 3.49. The molecule has 0 aliphatic carbocycles. The highest BCUT2D eigenvalue weighted by molar-refractivity contribution is 7.47. The minimum absolute atomic E-state index is 0.000364. The first kappa shape index (κ1) is 54.4. The Labute approximate surface area is 369 Å². The van der Waals surface area contributed by atoms with E-state index in [1.54, 1.807) is 0 Å². The highest BCUT2D eigenvalue weighted by Gasteiger charge is 2.39. The van der Waals surface area contributed by atoms with Crippen molar-refractivity contribution in [3.8, 4) is 23.0 Å². The summed E-state index contributed by atoms with van der Waals surface area (Å²) >= 11 is 0. The van der Waals surface area contributed by atoms with Crippen LogP contribution in [0.4, 0.5) is 70.2 Å². The Bertz CT molecular complexity index is 2390. The number of halogens is 16. The van der Waals surface area contributed by atoms with Crippen LogP contribution in [-0.2, 0) is 59.0 Å². The lowest BCUT2D eigenvalue weighted by molar-refractivity contribution is -0.276. The summed E-state index contributed by atoms with van der Waals surface area (Å²) in [4.78, 5) is 21.8. The summed E-state index contributed by atoms with van der Waals surface area (Å²) in [5.41, 5.74) is -0.267. The fourth-order valence-electron chi connectivity index (χ4n) is 5.11. The predicted molar refractivity (Wildman–Crippen MR) is 190 cm³/mol. The molecule has 1 atom stereocenters. The molecule has 13 nitrogen and oxygen atoms in total. The summed E-state index contributed by atoms with van der Waals surface area (Å²) in [7, 11) is -4.81. The zero-order valence-electron chi connectivity index (χ0n) is 33.1. The van der Waals surface area contributed by atoms with Crippen molar-refractivity contribution in [1.29, 1.82) is 0 Å². The molecule has 0 bridgehead atoms. The van der Waals surface area contributed by atoms with Gasteiger partial charge in [0.25, 0.3) is 0 Å². The van der Waals surface area contributed by atoms with Gasteiger partial charge in [0, 0.05) is 13.0 Å². The first-order chi connectivity index (χ1) is 31.4. The third-order valence-electron chi connectivity index (χ3n) is 7.80. The molecule has 30 heteroatoms. The van der Waals surface area contributed by atoms with E-state index in [1.807, 2.05) is 0 Å². The van der Waals surface area contributed by atoms with Crippen molar-refractivity contribution in [1.82, 2.24) is 0 Å². The molecule has 1 aliphatic heterocycles. The van der Waals surface area contributed by atoms with E-state index in [0.717, 1.165) is 30.3 Å². The van der Waals surface area contributed by atoms with Crippen LogP contribution in [0.3, 0.4) is 0 Å². The zero-order valence-corrected chi connectivity index (χ0v) is 34.0. The summed E-state index contributed by atoms with van der Waals surface area (Å²) in [6.45, 7) is -2.97. The molecule has 0 fully saturated rings. The van der Waals surface area contributed by atoms with Crippen LogP contribution in [0.2, 0.25) is 0 Å². The van der Waals surface area contributed by atoms with Crippen molar-refractivity contribution < 1.29 is 132 Å². The SMILES string of the molecule is O=C1OC(CCO)C(OCc2ccc(OC(F)(F)F)c(F)c2)=C1OCc1ccc(OC(F)(F)F)c(F)c1.O=P(O)(OCc1ccc(OC(F)(F)F)c(F)c1)OCc1ccc(OC(F)(F)F)c(F)c1. The van der Waals surface area contributed by atoms with Gasteiger partial charge in [-0.25, -0.2) is 26.9 Å². The van der Waals surface area contributed by atoms with Crippen molar-refractivity contribution in [3.63, 3.8) is 0 Å². The molecule has 1 heterocycles. The number of rotatable bonds is 18. The second kappa shape index (κ2) is 22.3. The molecular weight excluding hydrogens is 999 g/mol. The van der Waals surface area contributed by atoms with Crippen molar-refractivity contribution in [2.75, 3.05) is 6.61 Å². The summed E-state index contributed by atoms with van der Waals surface area (Å²) in [5.74, 6) is -11.7. The maximum Gasteiger partial charge on any atom is 0.573 e. The van der Waals surface area contributed by atoms with Crippen LogP contribution in [0.5, 0.6) is 23.0 Å². The Hall–Kier alpha value is -6.16.